The molecule has 3 atom stereocenters. The maximum absolute atomic E-state index is 8.88. The maximum atomic E-state index is 8.88. The van der Waals surface area contributed by atoms with Crippen LogP contribution in [0, 0.1) is 17.3 Å². The van der Waals surface area contributed by atoms with E-state index in [2.05, 4.69) is 18.7 Å². The van der Waals surface area contributed by atoms with E-state index in [0.29, 0.717) is 11.3 Å². The molecule has 0 saturated heterocycles. The van der Waals surface area contributed by atoms with E-state index in [1.165, 1.54) is 12.8 Å². The van der Waals surface area contributed by atoms with Crippen LogP contribution in [0.15, 0.2) is 0 Å². The Bertz CT molecular complexity index is 198. The van der Waals surface area contributed by atoms with E-state index in [1.54, 1.807) is 0 Å². The van der Waals surface area contributed by atoms with Crippen molar-refractivity contribution >= 4 is 0 Å². The molecule has 2 heteroatoms. The van der Waals surface area contributed by atoms with Gasteiger partial charge in [0.2, 0.25) is 0 Å². The van der Waals surface area contributed by atoms with Gasteiger partial charge >= 0.3 is 0 Å². The molecule has 0 unspecified atom stereocenters. The molecule has 3 rings (SSSR count). The zero-order valence-electron chi connectivity index (χ0n) is 8.13. The highest BCUT2D eigenvalue weighted by molar-refractivity contribution is 5.09. The second-order valence-corrected chi connectivity index (χ2v) is 5.25. The molecule has 2 bridgehead atoms. The van der Waals surface area contributed by atoms with Gasteiger partial charge in [-0.25, -0.2) is 4.89 Å². The Balaban J connectivity index is 2.21. The zero-order chi connectivity index (χ0) is 8.98. The molecule has 3 aliphatic carbocycles. The molecule has 3 fully saturated rings. The van der Waals surface area contributed by atoms with E-state index in [1.807, 2.05) is 6.92 Å². The van der Waals surface area contributed by atoms with Crippen molar-refractivity contribution in [2.75, 3.05) is 0 Å². The summed E-state index contributed by atoms with van der Waals surface area (Å²) in [7, 11) is 0. The highest BCUT2D eigenvalue weighted by Gasteiger charge is 2.60. The Labute approximate surface area is 73.8 Å². The minimum atomic E-state index is -0.266. The third kappa shape index (κ3) is 0.826. The zero-order valence-corrected chi connectivity index (χ0v) is 8.13. The summed E-state index contributed by atoms with van der Waals surface area (Å²) in [6.45, 7) is 6.62. The van der Waals surface area contributed by atoms with Crippen molar-refractivity contribution in [1.82, 2.24) is 0 Å². The van der Waals surface area contributed by atoms with Crippen LogP contribution in [0.5, 0.6) is 0 Å². The number of hydrogen-bond donors (Lipinski definition) is 1. The van der Waals surface area contributed by atoms with Crippen molar-refractivity contribution in [3.05, 3.63) is 0 Å². The largest absolute Gasteiger partial charge is 0.251 e. The van der Waals surface area contributed by atoms with Crippen molar-refractivity contribution < 1.29 is 10.1 Å². The molecule has 1 N–H and O–H groups in total. The van der Waals surface area contributed by atoms with Crippen LogP contribution >= 0.6 is 0 Å². The molecule has 2 nitrogen and oxygen atoms in total. The molecule has 0 aliphatic heterocycles. The van der Waals surface area contributed by atoms with Crippen LogP contribution in [-0.2, 0) is 4.89 Å². The highest BCUT2D eigenvalue weighted by atomic mass is 17.1. The molecule has 0 aromatic heterocycles. The van der Waals surface area contributed by atoms with Gasteiger partial charge in [0.1, 0.15) is 5.60 Å². The van der Waals surface area contributed by atoms with E-state index in [9.17, 15) is 0 Å². The van der Waals surface area contributed by atoms with E-state index in [4.69, 9.17) is 5.26 Å². The SMILES string of the molecule is CC1(C)[C@@H]2CC[C@](C)(OO)[C@H]1C2. The van der Waals surface area contributed by atoms with Gasteiger partial charge in [-0.05, 0) is 43.4 Å². The third-order valence-electron chi connectivity index (χ3n) is 4.41. The first-order chi connectivity index (χ1) is 5.50. The molecule has 70 valence electrons. The lowest BCUT2D eigenvalue weighted by Gasteiger charge is -2.62. The molecule has 0 radical (unpaired) electrons. The summed E-state index contributed by atoms with van der Waals surface area (Å²) in [5, 5.41) is 8.88. The second kappa shape index (κ2) is 2.24. The molecule has 12 heavy (non-hydrogen) atoms. The lowest BCUT2D eigenvalue weighted by molar-refractivity contribution is -0.371. The Kier molecular flexibility index (Phi) is 1.59. The van der Waals surface area contributed by atoms with Gasteiger partial charge in [-0.1, -0.05) is 13.8 Å². The fourth-order valence-corrected chi connectivity index (χ4v) is 3.29. The van der Waals surface area contributed by atoms with Crippen molar-refractivity contribution in [2.45, 2.75) is 45.6 Å². The van der Waals surface area contributed by atoms with Gasteiger partial charge in [0.25, 0.3) is 0 Å². The number of rotatable bonds is 1. The predicted octanol–water partition coefficient (Wildman–Crippen LogP) is 2.69. The third-order valence-corrected chi connectivity index (χ3v) is 4.41. The Morgan fingerprint density at radius 1 is 1.33 bits per heavy atom. The molecule has 0 aromatic rings. The fourth-order valence-electron chi connectivity index (χ4n) is 3.29. The van der Waals surface area contributed by atoms with E-state index >= 15 is 0 Å². The smallest absolute Gasteiger partial charge is 0.104 e. The Morgan fingerprint density at radius 3 is 2.33 bits per heavy atom. The predicted molar refractivity (Wildman–Crippen MR) is 46.7 cm³/mol. The molecule has 0 heterocycles. The van der Waals surface area contributed by atoms with Crippen LogP contribution in [0.1, 0.15) is 40.0 Å². The number of fused-ring (bicyclic) bond motifs is 2. The lowest BCUT2D eigenvalue weighted by Crippen LogP contribution is -2.60. The average Bonchev–Trinajstić information content (AvgIpc) is 2.04. The summed E-state index contributed by atoms with van der Waals surface area (Å²) in [5.41, 5.74) is 0.119. The van der Waals surface area contributed by atoms with Crippen molar-refractivity contribution in [2.24, 2.45) is 17.3 Å². The standard InChI is InChI=1S/C10H18O2/c1-9(2)7-4-5-10(3,12-11)8(9)6-7/h7-8,11H,4-6H2,1-3H3/t7-,8+,10+/m1/s1. The van der Waals surface area contributed by atoms with Gasteiger partial charge < -0.3 is 0 Å². The molecule has 0 aromatic carbocycles. The van der Waals surface area contributed by atoms with Crippen molar-refractivity contribution in [3.8, 4) is 0 Å². The van der Waals surface area contributed by atoms with Gasteiger partial charge in [0.05, 0.1) is 0 Å². The van der Waals surface area contributed by atoms with Crippen LogP contribution in [0.25, 0.3) is 0 Å². The normalized spacial score (nSPS) is 50.0. The highest BCUT2D eigenvalue weighted by Crippen LogP contribution is 2.63. The molecule has 0 spiro atoms. The van der Waals surface area contributed by atoms with Crippen molar-refractivity contribution in [1.29, 1.82) is 0 Å². The molecule has 3 aliphatic rings. The molecular weight excluding hydrogens is 152 g/mol. The van der Waals surface area contributed by atoms with Gasteiger partial charge in [-0.3, -0.25) is 5.26 Å². The summed E-state index contributed by atoms with van der Waals surface area (Å²) in [6, 6.07) is 0. The molecule has 0 amide bonds. The van der Waals surface area contributed by atoms with E-state index in [-0.39, 0.29) is 5.60 Å². The number of hydrogen-bond acceptors (Lipinski definition) is 2. The van der Waals surface area contributed by atoms with Gasteiger partial charge in [0, 0.05) is 0 Å². The van der Waals surface area contributed by atoms with E-state index in [0.717, 1.165) is 12.3 Å². The van der Waals surface area contributed by atoms with Crippen LogP contribution < -0.4 is 0 Å². The summed E-state index contributed by atoms with van der Waals surface area (Å²) >= 11 is 0. The Hall–Kier alpha value is -0.0800. The summed E-state index contributed by atoms with van der Waals surface area (Å²) in [4.78, 5) is 4.66. The summed E-state index contributed by atoms with van der Waals surface area (Å²) < 4.78 is 0. The second-order valence-electron chi connectivity index (χ2n) is 5.25. The average molecular weight is 170 g/mol. The molecular formula is C10H18O2. The first kappa shape index (κ1) is 8.52. The van der Waals surface area contributed by atoms with E-state index < -0.39 is 0 Å². The van der Waals surface area contributed by atoms with Crippen molar-refractivity contribution in [3.63, 3.8) is 0 Å². The summed E-state index contributed by atoms with van der Waals surface area (Å²) in [6.07, 6.45) is 3.47. The first-order valence-electron chi connectivity index (χ1n) is 4.83. The maximum Gasteiger partial charge on any atom is 0.104 e. The van der Waals surface area contributed by atoms with Crippen LogP contribution in [0.3, 0.4) is 0 Å². The molecule has 3 saturated carbocycles. The Morgan fingerprint density at radius 2 is 2.00 bits per heavy atom. The van der Waals surface area contributed by atoms with Crippen LogP contribution in [-0.4, -0.2) is 10.9 Å². The minimum absolute atomic E-state index is 0.266. The van der Waals surface area contributed by atoms with Gasteiger partial charge in [-0.15, -0.1) is 0 Å². The van der Waals surface area contributed by atoms with Gasteiger partial charge in [0.15, 0.2) is 0 Å². The fraction of sp³-hybridized carbons (Fsp3) is 1.00. The lowest BCUT2D eigenvalue weighted by atomic mass is 9.44. The minimum Gasteiger partial charge on any atom is -0.251 e. The topological polar surface area (TPSA) is 29.5 Å². The monoisotopic (exact) mass is 170 g/mol. The van der Waals surface area contributed by atoms with Crippen LogP contribution in [0.2, 0.25) is 0 Å². The summed E-state index contributed by atoms with van der Waals surface area (Å²) in [5.74, 6) is 1.42. The quantitative estimate of drug-likeness (QED) is 0.484. The van der Waals surface area contributed by atoms with Gasteiger partial charge in [-0.2, -0.15) is 0 Å². The van der Waals surface area contributed by atoms with Crippen LogP contribution in [0.4, 0.5) is 0 Å². The first-order valence-corrected chi connectivity index (χ1v) is 4.83.